The Hall–Kier alpha value is -1.65. The third-order valence-corrected chi connectivity index (χ3v) is 1.48. The number of hydrogen-bond acceptors (Lipinski definition) is 3. The second kappa shape index (κ2) is 3.17. The summed E-state index contributed by atoms with van der Waals surface area (Å²) in [6.07, 6.45) is -0.129. The van der Waals surface area contributed by atoms with Gasteiger partial charge in [0, 0.05) is 18.7 Å². The van der Waals surface area contributed by atoms with E-state index in [9.17, 15) is 4.79 Å². The highest BCUT2D eigenvalue weighted by molar-refractivity contribution is 5.66. The van der Waals surface area contributed by atoms with Crippen LogP contribution in [0.3, 0.4) is 0 Å². The first-order chi connectivity index (χ1) is 5.61. The monoisotopic (exact) mass is 171 g/mol. The number of hydrogen-bond donors (Lipinski definition) is 3. The van der Waals surface area contributed by atoms with E-state index in [-0.39, 0.29) is 24.7 Å². The van der Waals surface area contributed by atoms with Gasteiger partial charge in [-0.3, -0.25) is 9.36 Å². The zero-order valence-electron chi connectivity index (χ0n) is 6.27. The minimum atomic E-state index is -0.970. The molecule has 1 rings (SSSR count). The summed E-state index contributed by atoms with van der Waals surface area (Å²) in [6, 6.07) is 2.61. The molecule has 0 aromatic carbocycles. The van der Waals surface area contributed by atoms with Crippen molar-refractivity contribution in [3.63, 3.8) is 0 Å². The maximum Gasteiger partial charge on any atom is 0.305 e. The Kier molecular flexibility index (Phi) is 2.23. The predicted octanol–water partition coefficient (Wildman–Crippen LogP) is 0.374. The second-order valence-corrected chi connectivity index (χ2v) is 2.35. The van der Waals surface area contributed by atoms with Gasteiger partial charge in [-0.15, -0.1) is 0 Å². The maximum absolute atomic E-state index is 10.1. The molecule has 5 heteroatoms. The smallest absolute Gasteiger partial charge is 0.305 e. The predicted molar refractivity (Wildman–Crippen MR) is 40.0 cm³/mol. The van der Waals surface area contributed by atoms with Gasteiger partial charge >= 0.3 is 5.97 Å². The zero-order valence-corrected chi connectivity index (χ0v) is 6.27. The molecule has 1 aromatic rings. The lowest BCUT2D eigenvalue weighted by atomic mass is 10.4. The van der Waals surface area contributed by atoms with Gasteiger partial charge in [0.15, 0.2) is 11.8 Å². The van der Waals surface area contributed by atoms with Crippen LogP contribution in [0.15, 0.2) is 12.1 Å². The van der Waals surface area contributed by atoms with Gasteiger partial charge < -0.3 is 15.3 Å². The van der Waals surface area contributed by atoms with E-state index in [1.165, 1.54) is 12.1 Å². The molecule has 5 nitrogen and oxygen atoms in total. The molecule has 3 N–H and O–H groups in total. The lowest BCUT2D eigenvalue weighted by Crippen LogP contribution is -2.03. The van der Waals surface area contributed by atoms with E-state index >= 15 is 0 Å². The Balaban J connectivity index is 2.68. The molecule has 0 atom stereocenters. The fraction of sp³-hybridized carbons (Fsp3) is 0.286. The zero-order chi connectivity index (χ0) is 9.14. The Morgan fingerprint density at radius 3 is 2.25 bits per heavy atom. The largest absolute Gasteiger partial charge is 0.494 e. The van der Waals surface area contributed by atoms with Gasteiger partial charge in [-0.1, -0.05) is 0 Å². The molecule has 0 aliphatic rings. The molecule has 0 bridgehead atoms. The first-order valence-electron chi connectivity index (χ1n) is 3.40. The Bertz CT molecular complexity index is 272. The van der Waals surface area contributed by atoms with Crippen molar-refractivity contribution in [2.24, 2.45) is 0 Å². The molecule has 0 fully saturated rings. The van der Waals surface area contributed by atoms with Crippen molar-refractivity contribution in [3.05, 3.63) is 12.1 Å². The molecular weight excluding hydrogens is 162 g/mol. The Morgan fingerprint density at radius 2 is 1.83 bits per heavy atom. The van der Waals surface area contributed by atoms with Crippen LogP contribution >= 0.6 is 0 Å². The fourth-order valence-corrected chi connectivity index (χ4v) is 0.883. The minimum absolute atomic E-state index is 0.0694. The van der Waals surface area contributed by atoms with Gasteiger partial charge in [-0.25, -0.2) is 0 Å². The molecule has 0 amide bonds. The Morgan fingerprint density at radius 1 is 1.33 bits per heavy atom. The fourth-order valence-electron chi connectivity index (χ4n) is 0.883. The summed E-state index contributed by atoms with van der Waals surface area (Å²) in [7, 11) is 0. The number of carbonyl (C=O) groups is 1. The highest BCUT2D eigenvalue weighted by Gasteiger charge is 2.06. The van der Waals surface area contributed by atoms with E-state index < -0.39 is 5.97 Å². The van der Waals surface area contributed by atoms with Crippen LogP contribution in [0.1, 0.15) is 6.42 Å². The van der Waals surface area contributed by atoms with Crippen molar-refractivity contribution in [2.75, 3.05) is 0 Å². The average molecular weight is 171 g/mol. The van der Waals surface area contributed by atoms with Crippen molar-refractivity contribution >= 4 is 5.97 Å². The normalized spacial score (nSPS) is 10.0. The van der Waals surface area contributed by atoms with E-state index in [2.05, 4.69) is 0 Å². The van der Waals surface area contributed by atoms with Crippen molar-refractivity contribution in [1.29, 1.82) is 0 Å². The second-order valence-electron chi connectivity index (χ2n) is 2.35. The van der Waals surface area contributed by atoms with Crippen LogP contribution in [0.4, 0.5) is 0 Å². The van der Waals surface area contributed by atoms with Crippen molar-refractivity contribution in [3.8, 4) is 11.8 Å². The van der Waals surface area contributed by atoms with Crippen LogP contribution in [0.5, 0.6) is 11.8 Å². The van der Waals surface area contributed by atoms with Gasteiger partial charge in [0.25, 0.3) is 0 Å². The molecule has 0 unspecified atom stereocenters. The first kappa shape index (κ1) is 8.45. The first-order valence-corrected chi connectivity index (χ1v) is 3.40. The third kappa shape index (κ3) is 1.69. The van der Waals surface area contributed by atoms with Crippen molar-refractivity contribution in [1.82, 2.24) is 4.57 Å². The van der Waals surface area contributed by atoms with E-state index in [1.807, 2.05) is 0 Å². The lowest BCUT2D eigenvalue weighted by molar-refractivity contribution is -0.137. The molecule has 1 aromatic heterocycles. The van der Waals surface area contributed by atoms with E-state index in [0.29, 0.717) is 0 Å². The maximum atomic E-state index is 10.1. The van der Waals surface area contributed by atoms with Crippen LogP contribution in [-0.4, -0.2) is 25.9 Å². The average Bonchev–Trinajstić information content (AvgIpc) is 2.28. The summed E-state index contributed by atoms with van der Waals surface area (Å²) in [4.78, 5) is 10.1. The molecular formula is C7H9NO4. The van der Waals surface area contributed by atoms with Gasteiger partial charge in [0.05, 0.1) is 6.42 Å². The highest BCUT2D eigenvalue weighted by Crippen LogP contribution is 2.20. The summed E-state index contributed by atoms with van der Waals surface area (Å²) in [5, 5.41) is 26.4. The van der Waals surface area contributed by atoms with Crippen LogP contribution in [-0.2, 0) is 11.3 Å². The number of aromatic nitrogens is 1. The van der Waals surface area contributed by atoms with Crippen LogP contribution in [0.25, 0.3) is 0 Å². The van der Waals surface area contributed by atoms with E-state index in [1.54, 1.807) is 0 Å². The van der Waals surface area contributed by atoms with Crippen molar-refractivity contribution < 1.29 is 20.1 Å². The SMILES string of the molecule is O=C(O)CCn1c(O)ccc1O. The summed E-state index contributed by atoms with van der Waals surface area (Å²) in [5.41, 5.74) is 0. The van der Waals surface area contributed by atoms with Gasteiger partial charge in [-0.2, -0.15) is 0 Å². The van der Waals surface area contributed by atoms with E-state index in [0.717, 1.165) is 4.57 Å². The van der Waals surface area contributed by atoms with Gasteiger partial charge in [0.1, 0.15) is 0 Å². The number of aromatic hydroxyl groups is 2. The molecule has 66 valence electrons. The quantitative estimate of drug-likeness (QED) is 0.613. The number of rotatable bonds is 3. The summed E-state index contributed by atoms with van der Waals surface area (Å²) in [6.45, 7) is 0.0694. The number of carboxylic acid groups (broad SMARTS) is 1. The minimum Gasteiger partial charge on any atom is -0.494 e. The number of carboxylic acids is 1. The highest BCUT2D eigenvalue weighted by atomic mass is 16.4. The lowest BCUT2D eigenvalue weighted by Gasteiger charge is -2.03. The molecule has 12 heavy (non-hydrogen) atoms. The van der Waals surface area contributed by atoms with Gasteiger partial charge in [-0.05, 0) is 0 Å². The molecule has 0 spiro atoms. The molecule has 0 saturated carbocycles. The Labute approximate surface area is 68.5 Å². The summed E-state index contributed by atoms with van der Waals surface area (Å²) >= 11 is 0. The topological polar surface area (TPSA) is 82.7 Å². The van der Waals surface area contributed by atoms with Crippen molar-refractivity contribution in [2.45, 2.75) is 13.0 Å². The molecule has 0 saturated heterocycles. The van der Waals surface area contributed by atoms with Crippen LogP contribution in [0.2, 0.25) is 0 Å². The summed E-state index contributed by atoms with van der Waals surface area (Å²) < 4.78 is 1.12. The molecule has 1 heterocycles. The standard InChI is InChI=1S/C7H9NO4/c9-5-1-2-6(10)8(5)4-3-7(11)12/h1-2,9-10H,3-4H2,(H,11,12). The van der Waals surface area contributed by atoms with Crippen LogP contribution in [0, 0.1) is 0 Å². The van der Waals surface area contributed by atoms with E-state index in [4.69, 9.17) is 15.3 Å². The number of aliphatic carboxylic acids is 1. The molecule has 0 radical (unpaired) electrons. The van der Waals surface area contributed by atoms with Gasteiger partial charge in [0.2, 0.25) is 0 Å². The summed E-state index contributed by atoms with van der Waals surface area (Å²) in [5.74, 6) is -1.23. The molecule has 0 aliphatic carbocycles. The third-order valence-electron chi connectivity index (χ3n) is 1.48. The molecule has 0 aliphatic heterocycles. The number of nitrogens with zero attached hydrogens (tertiary/aromatic N) is 1. The van der Waals surface area contributed by atoms with Crippen LogP contribution < -0.4 is 0 Å².